The van der Waals surface area contributed by atoms with Crippen molar-refractivity contribution in [2.75, 3.05) is 6.54 Å². The van der Waals surface area contributed by atoms with E-state index in [1.165, 1.54) is 22.0 Å². The summed E-state index contributed by atoms with van der Waals surface area (Å²) in [5, 5.41) is 4.69. The van der Waals surface area contributed by atoms with E-state index in [1.807, 2.05) is 11.3 Å². The van der Waals surface area contributed by atoms with Gasteiger partial charge in [-0.1, -0.05) is 27.7 Å². The monoisotopic (exact) mass is 226 g/mol. The van der Waals surface area contributed by atoms with Crippen molar-refractivity contribution in [2.24, 2.45) is 0 Å². The van der Waals surface area contributed by atoms with Crippen LogP contribution < -0.4 is 5.32 Å². The Hall–Kier alpha value is -0.410. The molecule has 0 aliphatic carbocycles. The highest BCUT2D eigenvalue weighted by Gasteiger charge is 2.12. The molecule has 0 amide bonds. The third-order valence-corrected chi connectivity index (χ3v) is 3.45. The molecule has 1 rings (SSSR count). The van der Waals surface area contributed by atoms with Gasteiger partial charge in [0.25, 0.3) is 0 Å². The molecule has 0 aliphatic heterocycles. The predicted molar refractivity (Wildman–Crippen MR) is 67.6 cm³/mol. The van der Waals surface area contributed by atoms with Crippen molar-refractivity contribution >= 4 is 11.3 Å². The fraction of sp³-hybridized carbons (Fsp3) is 0.750. The predicted octanol–water partition coefficient (Wildman–Crippen LogP) is 3.33. The molecule has 0 aromatic carbocycles. The zero-order valence-corrected chi connectivity index (χ0v) is 11.1. The minimum Gasteiger partial charge on any atom is -0.312 e. The van der Waals surface area contributed by atoms with Gasteiger partial charge in [-0.25, -0.2) is 4.98 Å². The topological polar surface area (TPSA) is 24.9 Å². The standard InChI is InChI=1S/C12H22N2S/c1-5-7-11-14-12(9(3)4)10(15-11)8-13-6-2/h9,13H,5-8H2,1-4H3. The molecule has 15 heavy (non-hydrogen) atoms. The summed E-state index contributed by atoms with van der Waals surface area (Å²) in [7, 11) is 0. The number of thiazole rings is 1. The maximum atomic E-state index is 4.73. The zero-order chi connectivity index (χ0) is 11.3. The van der Waals surface area contributed by atoms with Crippen LogP contribution in [0, 0.1) is 0 Å². The van der Waals surface area contributed by atoms with E-state index in [9.17, 15) is 0 Å². The Labute approximate surface area is 97.1 Å². The third-order valence-electron chi connectivity index (χ3n) is 2.32. The van der Waals surface area contributed by atoms with Crippen molar-refractivity contribution in [3.63, 3.8) is 0 Å². The Balaban J connectivity index is 2.80. The van der Waals surface area contributed by atoms with Gasteiger partial charge in [0, 0.05) is 11.4 Å². The first-order chi connectivity index (χ1) is 7.19. The van der Waals surface area contributed by atoms with E-state index in [4.69, 9.17) is 4.98 Å². The van der Waals surface area contributed by atoms with E-state index < -0.39 is 0 Å². The van der Waals surface area contributed by atoms with E-state index in [-0.39, 0.29) is 0 Å². The quantitative estimate of drug-likeness (QED) is 0.805. The molecule has 0 saturated heterocycles. The number of hydrogen-bond acceptors (Lipinski definition) is 3. The first-order valence-electron chi connectivity index (χ1n) is 5.88. The second kappa shape index (κ2) is 6.23. The molecular weight excluding hydrogens is 204 g/mol. The van der Waals surface area contributed by atoms with Crippen LogP contribution >= 0.6 is 11.3 Å². The highest BCUT2D eigenvalue weighted by atomic mass is 32.1. The van der Waals surface area contributed by atoms with Crippen molar-refractivity contribution in [3.8, 4) is 0 Å². The summed E-state index contributed by atoms with van der Waals surface area (Å²) in [5.74, 6) is 0.542. The largest absolute Gasteiger partial charge is 0.312 e. The third kappa shape index (κ3) is 3.58. The molecule has 1 aromatic heterocycles. The molecule has 0 radical (unpaired) electrons. The summed E-state index contributed by atoms with van der Waals surface area (Å²) >= 11 is 1.88. The molecule has 3 heteroatoms. The lowest BCUT2D eigenvalue weighted by Crippen LogP contribution is -2.12. The van der Waals surface area contributed by atoms with Gasteiger partial charge in [-0.2, -0.15) is 0 Å². The normalized spacial score (nSPS) is 11.3. The molecule has 0 atom stereocenters. The first-order valence-corrected chi connectivity index (χ1v) is 6.69. The summed E-state index contributed by atoms with van der Waals surface area (Å²) in [4.78, 5) is 6.16. The van der Waals surface area contributed by atoms with E-state index >= 15 is 0 Å². The van der Waals surface area contributed by atoms with Crippen molar-refractivity contribution in [2.45, 2.75) is 53.0 Å². The Morgan fingerprint density at radius 2 is 2.07 bits per heavy atom. The van der Waals surface area contributed by atoms with Crippen LogP contribution in [0.4, 0.5) is 0 Å². The minimum atomic E-state index is 0.542. The van der Waals surface area contributed by atoms with Gasteiger partial charge in [0.15, 0.2) is 0 Å². The molecule has 2 nitrogen and oxygen atoms in total. The van der Waals surface area contributed by atoms with Gasteiger partial charge in [-0.15, -0.1) is 11.3 Å². The van der Waals surface area contributed by atoms with Crippen molar-refractivity contribution < 1.29 is 0 Å². The fourth-order valence-corrected chi connectivity index (χ4v) is 2.85. The number of nitrogens with zero attached hydrogens (tertiary/aromatic N) is 1. The zero-order valence-electron chi connectivity index (χ0n) is 10.3. The smallest absolute Gasteiger partial charge is 0.0931 e. The van der Waals surface area contributed by atoms with Crippen LogP contribution in [0.25, 0.3) is 0 Å². The molecule has 0 bridgehead atoms. The van der Waals surface area contributed by atoms with Gasteiger partial charge < -0.3 is 5.32 Å². The summed E-state index contributed by atoms with van der Waals surface area (Å²) < 4.78 is 0. The highest BCUT2D eigenvalue weighted by molar-refractivity contribution is 7.11. The van der Waals surface area contributed by atoms with Crippen LogP contribution in [0.1, 0.15) is 55.6 Å². The molecule has 1 N–H and O–H groups in total. The Bertz CT molecular complexity index is 292. The second-order valence-corrected chi connectivity index (χ2v) is 5.27. The van der Waals surface area contributed by atoms with Gasteiger partial charge in [-0.05, 0) is 25.3 Å². The molecule has 0 fully saturated rings. The molecule has 1 heterocycles. The van der Waals surface area contributed by atoms with E-state index in [0.717, 1.165) is 19.5 Å². The molecule has 1 aromatic rings. The summed E-state index contributed by atoms with van der Waals surface area (Å²) in [5.41, 5.74) is 1.30. The van der Waals surface area contributed by atoms with Gasteiger partial charge in [-0.3, -0.25) is 0 Å². The number of nitrogens with one attached hydrogen (secondary N) is 1. The van der Waals surface area contributed by atoms with Crippen LogP contribution in [0.3, 0.4) is 0 Å². The van der Waals surface area contributed by atoms with Gasteiger partial charge >= 0.3 is 0 Å². The summed E-state index contributed by atoms with van der Waals surface area (Å²) in [6.45, 7) is 10.8. The Morgan fingerprint density at radius 1 is 1.33 bits per heavy atom. The fourth-order valence-electron chi connectivity index (χ4n) is 1.55. The van der Waals surface area contributed by atoms with Crippen molar-refractivity contribution in [1.82, 2.24) is 10.3 Å². The van der Waals surface area contributed by atoms with Crippen LogP contribution in [0.15, 0.2) is 0 Å². The Morgan fingerprint density at radius 3 is 2.60 bits per heavy atom. The lowest BCUT2D eigenvalue weighted by Gasteiger charge is -2.04. The van der Waals surface area contributed by atoms with Crippen LogP contribution in [0.2, 0.25) is 0 Å². The SMILES string of the molecule is CCCc1nc(C(C)C)c(CNCC)s1. The maximum Gasteiger partial charge on any atom is 0.0931 e. The lowest BCUT2D eigenvalue weighted by atomic mass is 10.1. The Kier molecular flexibility index (Phi) is 5.26. The lowest BCUT2D eigenvalue weighted by molar-refractivity contribution is 0.712. The summed E-state index contributed by atoms with van der Waals surface area (Å²) in [6, 6.07) is 0. The van der Waals surface area contributed by atoms with Crippen LogP contribution in [0.5, 0.6) is 0 Å². The summed E-state index contributed by atoms with van der Waals surface area (Å²) in [6.07, 6.45) is 2.31. The second-order valence-electron chi connectivity index (χ2n) is 4.10. The first kappa shape index (κ1) is 12.7. The van der Waals surface area contributed by atoms with Crippen molar-refractivity contribution in [1.29, 1.82) is 0 Å². The van der Waals surface area contributed by atoms with E-state index in [0.29, 0.717) is 5.92 Å². The molecule has 86 valence electrons. The molecule has 0 unspecified atom stereocenters. The van der Waals surface area contributed by atoms with Gasteiger partial charge in [0.1, 0.15) is 0 Å². The van der Waals surface area contributed by atoms with Gasteiger partial charge in [0.05, 0.1) is 10.7 Å². The average molecular weight is 226 g/mol. The maximum absolute atomic E-state index is 4.73. The van der Waals surface area contributed by atoms with Crippen LogP contribution in [-0.2, 0) is 13.0 Å². The number of hydrogen-bond donors (Lipinski definition) is 1. The number of aromatic nitrogens is 1. The highest BCUT2D eigenvalue weighted by Crippen LogP contribution is 2.25. The number of rotatable bonds is 6. The molecular formula is C12H22N2S. The average Bonchev–Trinajstić information content (AvgIpc) is 2.59. The van der Waals surface area contributed by atoms with Crippen LogP contribution in [-0.4, -0.2) is 11.5 Å². The van der Waals surface area contributed by atoms with E-state index in [1.54, 1.807) is 0 Å². The molecule has 0 saturated carbocycles. The molecule has 0 spiro atoms. The van der Waals surface area contributed by atoms with E-state index in [2.05, 4.69) is 33.0 Å². The minimum absolute atomic E-state index is 0.542. The number of aryl methyl sites for hydroxylation is 1. The van der Waals surface area contributed by atoms with Gasteiger partial charge in [0.2, 0.25) is 0 Å². The molecule has 0 aliphatic rings. The van der Waals surface area contributed by atoms with Crippen molar-refractivity contribution in [3.05, 3.63) is 15.6 Å².